The number of Topliss-reactive ketones (excluding diaryl/α,β-unsaturated/α-hetero) is 1. The van der Waals surface area contributed by atoms with Crippen molar-refractivity contribution in [2.45, 2.75) is 109 Å². The monoisotopic (exact) mass is 484 g/mol. The molecule has 1 heterocycles. The number of allylic oxidation sites excluding steroid dienone is 4. The average Bonchev–Trinajstić information content (AvgIpc) is 3.07. The summed E-state index contributed by atoms with van der Waals surface area (Å²) in [7, 11) is 0. The predicted octanol–water partition coefficient (Wildman–Crippen LogP) is 3.93. The Hall–Kier alpha value is -1.76. The van der Waals surface area contributed by atoms with E-state index in [1.54, 1.807) is 13.8 Å². The average molecular weight is 485 g/mol. The number of carbonyl (C=O) groups excluding carboxylic acids is 2. The first kappa shape index (κ1) is 24.9. The molecule has 0 spiro atoms. The standard InChI is InChI=1S/C29H40O6/c1-6-27-13-12-20-21(11-10-19-8-7-9-22(30)25(19,20)4)28(27,33)14-15-29(27,34)26(5,32)23-16-17(2)18(3)24(31)35-23/h7-8,10,20-21,23,32-34H,6,9,11-16H2,1-5H3/t20-,21+,23+,25-,26-,27-,28+,29+/m0/s1. The summed E-state index contributed by atoms with van der Waals surface area (Å²) in [6.45, 7) is 9.15. The second-order valence-corrected chi connectivity index (χ2v) is 12.2. The molecule has 0 unspecified atom stereocenters. The van der Waals surface area contributed by atoms with E-state index in [2.05, 4.69) is 12.2 Å². The van der Waals surface area contributed by atoms with Crippen LogP contribution >= 0.6 is 0 Å². The van der Waals surface area contributed by atoms with Crippen LogP contribution in [-0.2, 0) is 14.3 Å². The highest BCUT2D eigenvalue weighted by Gasteiger charge is 2.77. The number of esters is 1. The minimum Gasteiger partial charge on any atom is -0.455 e. The van der Waals surface area contributed by atoms with Gasteiger partial charge in [0.05, 0.1) is 11.0 Å². The molecule has 0 amide bonds. The molecule has 6 heteroatoms. The van der Waals surface area contributed by atoms with Gasteiger partial charge in [0, 0.05) is 23.8 Å². The van der Waals surface area contributed by atoms with Gasteiger partial charge >= 0.3 is 5.97 Å². The summed E-state index contributed by atoms with van der Waals surface area (Å²) in [4.78, 5) is 25.7. The molecule has 0 radical (unpaired) electrons. The molecular formula is C29H40O6. The zero-order chi connectivity index (χ0) is 25.6. The minimum atomic E-state index is -1.75. The number of hydrogen-bond acceptors (Lipinski definition) is 6. The van der Waals surface area contributed by atoms with E-state index >= 15 is 0 Å². The lowest BCUT2D eigenvalue weighted by atomic mass is 9.43. The third kappa shape index (κ3) is 2.82. The third-order valence-corrected chi connectivity index (χ3v) is 11.3. The van der Waals surface area contributed by atoms with E-state index in [1.807, 2.05) is 26.8 Å². The minimum absolute atomic E-state index is 0.0164. The summed E-state index contributed by atoms with van der Waals surface area (Å²) < 4.78 is 5.67. The number of ether oxygens (including phenoxy) is 1. The van der Waals surface area contributed by atoms with Crippen molar-refractivity contribution in [2.75, 3.05) is 0 Å². The lowest BCUT2D eigenvalue weighted by molar-refractivity contribution is -0.285. The maximum absolute atomic E-state index is 13.2. The number of aliphatic hydroxyl groups is 3. The summed E-state index contributed by atoms with van der Waals surface area (Å²) in [6.07, 6.45) is 8.83. The molecular weight excluding hydrogens is 444 g/mol. The summed E-state index contributed by atoms with van der Waals surface area (Å²) in [5.41, 5.74) is -3.80. The second-order valence-electron chi connectivity index (χ2n) is 12.2. The van der Waals surface area contributed by atoms with Gasteiger partial charge < -0.3 is 20.1 Å². The smallest absolute Gasteiger partial charge is 0.334 e. The molecule has 0 aromatic carbocycles. The van der Waals surface area contributed by atoms with Gasteiger partial charge in [0.2, 0.25) is 0 Å². The fourth-order valence-corrected chi connectivity index (χ4v) is 8.91. The molecule has 0 bridgehead atoms. The highest BCUT2D eigenvalue weighted by atomic mass is 16.6. The van der Waals surface area contributed by atoms with Crippen molar-refractivity contribution >= 4 is 11.8 Å². The fourth-order valence-electron chi connectivity index (χ4n) is 8.91. The van der Waals surface area contributed by atoms with Crippen LogP contribution in [0.2, 0.25) is 0 Å². The molecule has 1 aliphatic heterocycles. The van der Waals surface area contributed by atoms with Crippen LogP contribution in [0.3, 0.4) is 0 Å². The van der Waals surface area contributed by atoms with Crippen LogP contribution < -0.4 is 0 Å². The predicted molar refractivity (Wildman–Crippen MR) is 131 cm³/mol. The molecule has 3 N–H and O–H groups in total. The van der Waals surface area contributed by atoms with Gasteiger partial charge in [0.25, 0.3) is 0 Å². The van der Waals surface area contributed by atoms with E-state index in [1.165, 1.54) is 0 Å². The van der Waals surface area contributed by atoms with Crippen molar-refractivity contribution in [3.8, 4) is 0 Å². The number of hydrogen-bond donors (Lipinski definition) is 3. The zero-order valence-corrected chi connectivity index (χ0v) is 21.7. The molecule has 4 aliphatic carbocycles. The van der Waals surface area contributed by atoms with Crippen molar-refractivity contribution in [3.63, 3.8) is 0 Å². The van der Waals surface area contributed by atoms with Crippen LogP contribution in [0.15, 0.2) is 34.9 Å². The Morgan fingerprint density at radius 3 is 2.51 bits per heavy atom. The maximum Gasteiger partial charge on any atom is 0.334 e. The van der Waals surface area contributed by atoms with Gasteiger partial charge in [0.15, 0.2) is 0 Å². The Labute approximate surface area is 208 Å². The Kier molecular flexibility index (Phi) is 5.43. The van der Waals surface area contributed by atoms with Crippen LogP contribution in [0.25, 0.3) is 0 Å². The topological polar surface area (TPSA) is 104 Å². The van der Waals surface area contributed by atoms with E-state index in [0.29, 0.717) is 50.5 Å². The summed E-state index contributed by atoms with van der Waals surface area (Å²) in [6, 6.07) is 0. The van der Waals surface area contributed by atoms with Gasteiger partial charge in [-0.15, -0.1) is 0 Å². The van der Waals surface area contributed by atoms with Crippen LogP contribution in [0.5, 0.6) is 0 Å². The van der Waals surface area contributed by atoms with E-state index in [9.17, 15) is 24.9 Å². The number of carbonyl (C=O) groups is 2. The van der Waals surface area contributed by atoms with Gasteiger partial charge in [-0.1, -0.05) is 30.7 Å². The summed E-state index contributed by atoms with van der Waals surface area (Å²) in [5, 5.41) is 37.0. The molecule has 0 aromatic heterocycles. The first-order valence-electron chi connectivity index (χ1n) is 13.2. The first-order valence-corrected chi connectivity index (χ1v) is 13.2. The number of fused-ring (bicyclic) bond motifs is 5. The highest BCUT2D eigenvalue weighted by molar-refractivity contribution is 5.92. The molecule has 2 fully saturated rings. The Morgan fingerprint density at radius 2 is 1.86 bits per heavy atom. The molecule has 5 aliphatic rings. The third-order valence-electron chi connectivity index (χ3n) is 11.3. The molecule has 192 valence electrons. The lowest BCUT2D eigenvalue weighted by Crippen LogP contribution is -2.72. The van der Waals surface area contributed by atoms with Crippen molar-refractivity contribution in [1.82, 2.24) is 0 Å². The van der Waals surface area contributed by atoms with Gasteiger partial charge in [0.1, 0.15) is 23.1 Å². The molecule has 0 aromatic rings. The first-order chi connectivity index (χ1) is 16.3. The highest BCUT2D eigenvalue weighted by Crippen LogP contribution is 2.71. The maximum atomic E-state index is 13.2. The van der Waals surface area contributed by atoms with Crippen molar-refractivity contribution in [2.24, 2.45) is 22.7 Å². The normalized spacial score (nSPS) is 46.9. The SMILES string of the molecule is CC[C@]12CC[C@H]3[C@@H](CC=C4C=CCC(=O)[C@@]43C)[C@]1(O)CC[C@@]2(O)[C@@](C)(O)[C@H]1CC(C)=C(C)C(=O)O1. The van der Waals surface area contributed by atoms with Gasteiger partial charge in [-0.25, -0.2) is 4.79 Å². The summed E-state index contributed by atoms with van der Waals surface area (Å²) in [5.74, 6) is -0.479. The van der Waals surface area contributed by atoms with Gasteiger partial charge in [-0.3, -0.25) is 4.79 Å². The van der Waals surface area contributed by atoms with Crippen LogP contribution in [-0.4, -0.2) is 50.0 Å². The van der Waals surface area contributed by atoms with Crippen molar-refractivity contribution in [3.05, 3.63) is 34.9 Å². The van der Waals surface area contributed by atoms with E-state index in [4.69, 9.17) is 4.74 Å². The number of ketones is 1. The van der Waals surface area contributed by atoms with E-state index in [0.717, 1.165) is 11.1 Å². The molecule has 5 rings (SSSR count). The van der Waals surface area contributed by atoms with Crippen LogP contribution in [0.1, 0.15) is 86.0 Å². The molecule has 35 heavy (non-hydrogen) atoms. The van der Waals surface area contributed by atoms with Crippen LogP contribution in [0.4, 0.5) is 0 Å². The number of cyclic esters (lactones) is 1. The quantitative estimate of drug-likeness (QED) is 0.525. The molecule has 0 saturated heterocycles. The lowest BCUT2D eigenvalue weighted by Gasteiger charge is -2.64. The van der Waals surface area contributed by atoms with Crippen molar-refractivity contribution in [1.29, 1.82) is 0 Å². The fraction of sp³-hybridized carbons (Fsp3) is 0.724. The van der Waals surface area contributed by atoms with Crippen molar-refractivity contribution < 1.29 is 29.6 Å². The molecule has 2 saturated carbocycles. The number of rotatable bonds is 3. The van der Waals surface area contributed by atoms with Crippen LogP contribution in [0, 0.1) is 22.7 Å². The zero-order valence-electron chi connectivity index (χ0n) is 21.7. The summed E-state index contributed by atoms with van der Waals surface area (Å²) >= 11 is 0. The van der Waals surface area contributed by atoms with Gasteiger partial charge in [-0.05, 0) is 83.6 Å². The molecule has 8 atom stereocenters. The molecule has 6 nitrogen and oxygen atoms in total. The van der Waals surface area contributed by atoms with Gasteiger partial charge in [-0.2, -0.15) is 0 Å². The van der Waals surface area contributed by atoms with E-state index < -0.39 is 39.7 Å². The Bertz CT molecular complexity index is 1070. The largest absolute Gasteiger partial charge is 0.455 e. The van der Waals surface area contributed by atoms with E-state index in [-0.39, 0.29) is 24.0 Å². The Morgan fingerprint density at radius 1 is 1.14 bits per heavy atom. The Balaban J connectivity index is 1.57. The second kappa shape index (κ2) is 7.62.